The van der Waals surface area contributed by atoms with Gasteiger partial charge in [-0.05, 0) is 5.56 Å². The van der Waals surface area contributed by atoms with Crippen LogP contribution in [0.3, 0.4) is 0 Å². The highest BCUT2D eigenvalue weighted by molar-refractivity contribution is 5.92. The number of nitrogens with one attached hydrogen (secondary N) is 1. The second kappa shape index (κ2) is 6.83. The fourth-order valence-electron chi connectivity index (χ4n) is 1.74. The summed E-state index contributed by atoms with van der Waals surface area (Å²) in [7, 11) is 1.54. The van der Waals surface area contributed by atoms with Crippen LogP contribution in [0, 0.1) is 0 Å². The van der Waals surface area contributed by atoms with Crippen molar-refractivity contribution in [3.05, 3.63) is 53.4 Å². The number of aromatic nitrogens is 1. The molecular formula is C14H17N3O3. The highest BCUT2D eigenvalue weighted by atomic mass is 16.5. The van der Waals surface area contributed by atoms with Gasteiger partial charge >= 0.3 is 0 Å². The molecule has 1 heterocycles. The summed E-state index contributed by atoms with van der Waals surface area (Å²) >= 11 is 0. The van der Waals surface area contributed by atoms with E-state index in [0.717, 1.165) is 5.56 Å². The number of rotatable bonds is 6. The van der Waals surface area contributed by atoms with E-state index in [1.165, 1.54) is 0 Å². The standard InChI is InChI=1S/C14H17N3O3/c1-19-9-11-7-13(17-20-11)14(18)16-8-12(15)10-5-3-2-4-6-10/h2-7,12H,8-9,15H2,1H3,(H,16,18)/t12-/m0/s1. The lowest BCUT2D eigenvalue weighted by atomic mass is 10.1. The van der Waals surface area contributed by atoms with Gasteiger partial charge in [-0.1, -0.05) is 35.5 Å². The van der Waals surface area contributed by atoms with Crippen molar-refractivity contribution in [1.82, 2.24) is 10.5 Å². The maximum Gasteiger partial charge on any atom is 0.273 e. The van der Waals surface area contributed by atoms with Crippen LogP contribution >= 0.6 is 0 Å². The average molecular weight is 275 g/mol. The summed E-state index contributed by atoms with van der Waals surface area (Å²) < 4.78 is 9.84. The van der Waals surface area contributed by atoms with Crippen LogP contribution in [-0.2, 0) is 11.3 Å². The van der Waals surface area contributed by atoms with Crippen LogP contribution in [0.2, 0.25) is 0 Å². The van der Waals surface area contributed by atoms with Crippen molar-refractivity contribution in [3.63, 3.8) is 0 Å². The summed E-state index contributed by atoms with van der Waals surface area (Å²) in [5.74, 6) is 0.187. The van der Waals surface area contributed by atoms with Crippen molar-refractivity contribution in [2.45, 2.75) is 12.6 Å². The third-order valence-electron chi connectivity index (χ3n) is 2.79. The third kappa shape index (κ3) is 3.66. The van der Waals surface area contributed by atoms with E-state index in [4.69, 9.17) is 15.0 Å². The Morgan fingerprint density at radius 3 is 2.90 bits per heavy atom. The van der Waals surface area contributed by atoms with Crippen LogP contribution in [-0.4, -0.2) is 24.7 Å². The number of hydrogen-bond donors (Lipinski definition) is 2. The Hall–Kier alpha value is -2.18. The van der Waals surface area contributed by atoms with E-state index in [0.29, 0.717) is 12.3 Å². The molecule has 1 atom stereocenters. The van der Waals surface area contributed by atoms with E-state index in [1.54, 1.807) is 13.2 Å². The second-order valence-electron chi connectivity index (χ2n) is 4.34. The molecule has 6 nitrogen and oxygen atoms in total. The van der Waals surface area contributed by atoms with Crippen molar-refractivity contribution in [2.75, 3.05) is 13.7 Å². The molecule has 0 aliphatic carbocycles. The van der Waals surface area contributed by atoms with Gasteiger partial charge in [0.05, 0.1) is 0 Å². The Morgan fingerprint density at radius 2 is 2.20 bits per heavy atom. The van der Waals surface area contributed by atoms with Gasteiger partial charge in [-0.15, -0.1) is 0 Å². The zero-order chi connectivity index (χ0) is 14.4. The molecular weight excluding hydrogens is 258 g/mol. The minimum atomic E-state index is -0.317. The number of nitrogens with two attached hydrogens (primary N) is 1. The first-order valence-corrected chi connectivity index (χ1v) is 6.24. The molecule has 0 aliphatic rings. The second-order valence-corrected chi connectivity index (χ2v) is 4.34. The number of nitrogens with zero attached hydrogens (tertiary/aromatic N) is 1. The Morgan fingerprint density at radius 1 is 1.45 bits per heavy atom. The quantitative estimate of drug-likeness (QED) is 0.828. The molecule has 0 spiro atoms. The molecule has 1 aromatic heterocycles. The van der Waals surface area contributed by atoms with Gasteiger partial charge in [0.15, 0.2) is 11.5 Å². The van der Waals surface area contributed by atoms with Gasteiger partial charge in [0.2, 0.25) is 0 Å². The van der Waals surface area contributed by atoms with Crippen molar-refractivity contribution in [3.8, 4) is 0 Å². The third-order valence-corrected chi connectivity index (χ3v) is 2.79. The van der Waals surface area contributed by atoms with Gasteiger partial charge in [-0.3, -0.25) is 4.79 Å². The van der Waals surface area contributed by atoms with Gasteiger partial charge in [0.1, 0.15) is 6.61 Å². The topological polar surface area (TPSA) is 90.4 Å². The van der Waals surface area contributed by atoms with Crippen molar-refractivity contribution < 1.29 is 14.1 Å². The molecule has 106 valence electrons. The minimum Gasteiger partial charge on any atom is -0.377 e. The summed E-state index contributed by atoms with van der Waals surface area (Å²) in [6.07, 6.45) is 0. The van der Waals surface area contributed by atoms with Gasteiger partial charge in [-0.2, -0.15) is 0 Å². The van der Waals surface area contributed by atoms with Crippen LogP contribution in [0.4, 0.5) is 0 Å². The van der Waals surface area contributed by atoms with Gasteiger partial charge < -0.3 is 20.3 Å². The van der Waals surface area contributed by atoms with Crippen molar-refractivity contribution in [2.24, 2.45) is 5.73 Å². The van der Waals surface area contributed by atoms with Crippen LogP contribution in [0.1, 0.15) is 27.9 Å². The highest BCUT2D eigenvalue weighted by Gasteiger charge is 2.14. The van der Waals surface area contributed by atoms with E-state index in [1.807, 2.05) is 30.3 Å². The molecule has 0 aliphatic heterocycles. The lowest BCUT2D eigenvalue weighted by Crippen LogP contribution is -2.32. The molecule has 2 aromatic rings. The molecule has 20 heavy (non-hydrogen) atoms. The molecule has 2 rings (SSSR count). The Kier molecular flexibility index (Phi) is 4.86. The first-order valence-electron chi connectivity index (χ1n) is 6.24. The van der Waals surface area contributed by atoms with Crippen LogP contribution in [0.5, 0.6) is 0 Å². The lowest BCUT2D eigenvalue weighted by Gasteiger charge is -2.12. The highest BCUT2D eigenvalue weighted by Crippen LogP contribution is 2.09. The summed E-state index contributed by atoms with van der Waals surface area (Å²) in [5.41, 5.74) is 7.18. The van der Waals surface area contributed by atoms with E-state index in [-0.39, 0.29) is 24.2 Å². The minimum absolute atomic E-state index is 0.220. The first-order chi connectivity index (χ1) is 9.70. The Labute approximate surface area is 116 Å². The normalized spacial score (nSPS) is 12.1. The molecule has 0 radical (unpaired) electrons. The molecule has 0 bridgehead atoms. The molecule has 1 amide bonds. The van der Waals surface area contributed by atoms with Crippen LogP contribution in [0.15, 0.2) is 40.9 Å². The van der Waals surface area contributed by atoms with Gasteiger partial charge in [0, 0.05) is 25.8 Å². The molecule has 0 saturated carbocycles. The van der Waals surface area contributed by atoms with E-state index < -0.39 is 0 Å². The molecule has 0 saturated heterocycles. The zero-order valence-electron chi connectivity index (χ0n) is 11.2. The number of benzene rings is 1. The zero-order valence-corrected chi connectivity index (χ0v) is 11.2. The van der Waals surface area contributed by atoms with Crippen LogP contribution < -0.4 is 11.1 Å². The van der Waals surface area contributed by atoms with Crippen molar-refractivity contribution in [1.29, 1.82) is 0 Å². The summed E-state index contributed by atoms with van der Waals surface area (Å²) in [6, 6.07) is 10.9. The number of carbonyl (C=O) groups excluding carboxylic acids is 1. The number of hydrogen-bond acceptors (Lipinski definition) is 5. The largest absolute Gasteiger partial charge is 0.377 e. The summed E-state index contributed by atoms with van der Waals surface area (Å²) in [4.78, 5) is 11.9. The molecule has 0 unspecified atom stereocenters. The fraction of sp³-hybridized carbons (Fsp3) is 0.286. The predicted octanol–water partition coefficient (Wildman–Crippen LogP) is 1.25. The summed E-state index contributed by atoms with van der Waals surface area (Å²) in [5, 5.41) is 6.40. The van der Waals surface area contributed by atoms with E-state index in [2.05, 4.69) is 10.5 Å². The molecule has 0 fully saturated rings. The number of amides is 1. The lowest BCUT2D eigenvalue weighted by molar-refractivity contribution is 0.0941. The maximum atomic E-state index is 11.9. The fourth-order valence-corrected chi connectivity index (χ4v) is 1.74. The molecule has 1 aromatic carbocycles. The van der Waals surface area contributed by atoms with E-state index in [9.17, 15) is 4.79 Å². The predicted molar refractivity (Wildman–Crippen MR) is 72.9 cm³/mol. The monoisotopic (exact) mass is 275 g/mol. The Bertz CT molecular complexity index is 554. The smallest absolute Gasteiger partial charge is 0.273 e. The maximum absolute atomic E-state index is 11.9. The van der Waals surface area contributed by atoms with Crippen molar-refractivity contribution >= 4 is 5.91 Å². The molecule has 6 heteroatoms. The SMILES string of the molecule is COCc1cc(C(=O)NC[C@H](N)c2ccccc2)no1. The number of ether oxygens (including phenoxy) is 1. The van der Waals surface area contributed by atoms with Crippen LogP contribution in [0.25, 0.3) is 0 Å². The van der Waals surface area contributed by atoms with Gasteiger partial charge in [0.25, 0.3) is 5.91 Å². The number of carbonyl (C=O) groups is 1. The first kappa shape index (κ1) is 14.2. The summed E-state index contributed by atoms with van der Waals surface area (Å²) in [6.45, 7) is 0.610. The van der Waals surface area contributed by atoms with Gasteiger partial charge in [-0.25, -0.2) is 0 Å². The molecule has 3 N–H and O–H groups in total. The van der Waals surface area contributed by atoms with E-state index >= 15 is 0 Å². The Balaban J connectivity index is 1.88. The number of methoxy groups -OCH3 is 1. The average Bonchev–Trinajstić information content (AvgIpc) is 2.94.